The topological polar surface area (TPSA) is 28.4 Å². The number of hydrogen-bond donors (Lipinski definition) is 1. The molecular weight excluding hydrogens is 224 g/mol. The molecule has 1 aliphatic rings. The second-order valence-corrected chi connectivity index (χ2v) is 5.55. The Morgan fingerprint density at radius 1 is 1.39 bits per heavy atom. The van der Waals surface area contributed by atoms with Crippen molar-refractivity contribution in [1.29, 1.82) is 0 Å². The lowest BCUT2D eigenvalue weighted by Crippen LogP contribution is -2.45. The van der Waals surface area contributed by atoms with E-state index in [0.717, 1.165) is 12.2 Å². The van der Waals surface area contributed by atoms with Crippen molar-refractivity contribution >= 4 is 0 Å². The lowest BCUT2D eigenvalue weighted by molar-refractivity contribution is 0.154. The quantitative estimate of drug-likeness (QED) is 0.870. The Bertz CT molecular complexity index is 326. The molecule has 2 rings (SSSR count). The highest BCUT2D eigenvalue weighted by Gasteiger charge is 2.23. The summed E-state index contributed by atoms with van der Waals surface area (Å²) in [6, 6.07) is 5.73. The standard InChI is InChI=1S/C15H26N2O/c1-4-14(15-6-5-11-18-15)16-13-7-9-17(10-8-13)12(2)3/h5-6,11-14,16H,4,7-10H2,1-3H3. The van der Waals surface area contributed by atoms with Crippen molar-refractivity contribution in [2.45, 2.75) is 58.2 Å². The zero-order chi connectivity index (χ0) is 13.0. The third-order valence-corrected chi connectivity index (χ3v) is 3.99. The minimum absolute atomic E-state index is 0.371. The third kappa shape index (κ3) is 3.36. The van der Waals surface area contributed by atoms with Crippen LogP contribution in [0.3, 0.4) is 0 Å². The van der Waals surface area contributed by atoms with E-state index in [1.54, 1.807) is 6.26 Å². The van der Waals surface area contributed by atoms with Gasteiger partial charge in [0.25, 0.3) is 0 Å². The monoisotopic (exact) mass is 250 g/mol. The summed E-state index contributed by atoms with van der Waals surface area (Å²) in [5, 5.41) is 3.75. The maximum absolute atomic E-state index is 5.51. The number of furan rings is 1. The van der Waals surface area contributed by atoms with E-state index in [0.29, 0.717) is 18.1 Å². The number of likely N-dealkylation sites (tertiary alicyclic amines) is 1. The van der Waals surface area contributed by atoms with Crippen LogP contribution in [-0.4, -0.2) is 30.1 Å². The minimum Gasteiger partial charge on any atom is -0.468 e. The molecule has 0 bridgehead atoms. The van der Waals surface area contributed by atoms with Gasteiger partial charge in [0.1, 0.15) is 5.76 Å². The normalized spacial score (nSPS) is 20.4. The summed E-state index contributed by atoms with van der Waals surface area (Å²) < 4.78 is 5.51. The van der Waals surface area contributed by atoms with Crippen LogP contribution in [0.25, 0.3) is 0 Å². The van der Waals surface area contributed by atoms with E-state index in [9.17, 15) is 0 Å². The minimum atomic E-state index is 0.371. The molecule has 1 aromatic heterocycles. The second kappa shape index (κ2) is 6.39. The van der Waals surface area contributed by atoms with Crippen LogP contribution in [0.15, 0.2) is 22.8 Å². The summed E-state index contributed by atoms with van der Waals surface area (Å²) in [6.07, 6.45) is 5.34. The summed E-state index contributed by atoms with van der Waals surface area (Å²) in [5.74, 6) is 1.07. The first-order valence-electron chi connectivity index (χ1n) is 7.24. The van der Waals surface area contributed by atoms with Crippen LogP contribution in [0, 0.1) is 0 Å². The molecule has 0 radical (unpaired) electrons. The predicted molar refractivity (Wildman–Crippen MR) is 74.6 cm³/mol. The predicted octanol–water partition coefficient (Wildman–Crippen LogP) is 3.19. The van der Waals surface area contributed by atoms with Gasteiger partial charge in [-0.1, -0.05) is 6.92 Å². The average molecular weight is 250 g/mol. The van der Waals surface area contributed by atoms with Gasteiger partial charge in [-0.3, -0.25) is 0 Å². The molecule has 0 aromatic carbocycles. The highest BCUT2D eigenvalue weighted by molar-refractivity contribution is 5.04. The van der Waals surface area contributed by atoms with Crippen molar-refractivity contribution < 1.29 is 4.42 Å². The second-order valence-electron chi connectivity index (χ2n) is 5.55. The molecule has 1 aliphatic heterocycles. The molecule has 1 fully saturated rings. The first-order chi connectivity index (χ1) is 8.70. The van der Waals surface area contributed by atoms with E-state index in [1.807, 2.05) is 6.07 Å². The maximum Gasteiger partial charge on any atom is 0.120 e. The first-order valence-corrected chi connectivity index (χ1v) is 7.24. The molecule has 18 heavy (non-hydrogen) atoms. The largest absolute Gasteiger partial charge is 0.468 e. The first kappa shape index (κ1) is 13.6. The maximum atomic E-state index is 5.51. The van der Waals surface area contributed by atoms with Gasteiger partial charge in [-0.05, 0) is 58.3 Å². The molecule has 0 aliphatic carbocycles. The molecule has 2 heterocycles. The Balaban J connectivity index is 1.83. The Labute approximate surface area is 111 Å². The van der Waals surface area contributed by atoms with E-state index >= 15 is 0 Å². The smallest absolute Gasteiger partial charge is 0.120 e. The van der Waals surface area contributed by atoms with Gasteiger partial charge in [0.2, 0.25) is 0 Å². The van der Waals surface area contributed by atoms with Gasteiger partial charge in [-0.2, -0.15) is 0 Å². The molecule has 1 atom stereocenters. The molecule has 3 nitrogen and oxygen atoms in total. The van der Waals surface area contributed by atoms with E-state index in [2.05, 4.69) is 37.1 Å². The van der Waals surface area contributed by atoms with Gasteiger partial charge in [-0.25, -0.2) is 0 Å². The lowest BCUT2D eigenvalue weighted by atomic mass is 10.0. The Kier molecular flexibility index (Phi) is 4.84. The van der Waals surface area contributed by atoms with Crippen molar-refractivity contribution in [3.8, 4) is 0 Å². The number of nitrogens with zero attached hydrogens (tertiary/aromatic N) is 1. The summed E-state index contributed by atoms with van der Waals surface area (Å²) in [7, 11) is 0. The zero-order valence-corrected chi connectivity index (χ0v) is 11.9. The van der Waals surface area contributed by atoms with Gasteiger partial charge < -0.3 is 14.6 Å². The Morgan fingerprint density at radius 3 is 2.61 bits per heavy atom. The molecule has 0 spiro atoms. The molecule has 1 aromatic rings. The number of rotatable bonds is 5. The van der Waals surface area contributed by atoms with E-state index in [-0.39, 0.29) is 0 Å². The lowest BCUT2D eigenvalue weighted by Gasteiger charge is -2.36. The van der Waals surface area contributed by atoms with Crippen LogP contribution in [-0.2, 0) is 0 Å². The average Bonchev–Trinajstić information content (AvgIpc) is 2.90. The molecule has 102 valence electrons. The highest BCUT2D eigenvalue weighted by Crippen LogP contribution is 2.21. The van der Waals surface area contributed by atoms with Crippen LogP contribution < -0.4 is 5.32 Å². The van der Waals surface area contributed by atoms with Crippen LogP contribution in [0.4, 0.5) is 0 Å². The van der Waals surface area contributed by atoms with Crippen LogP contribution in [0.2, 0.25) is 0 Å². The number of piperidine rings is 1. The van der Waals surface area contributed by atoms with Crippen molar-refractivity contribution in [3.05, 3.63) is 24.2 Å². The molecule has 1 N–H and O–H groups in total. The molecule has 1 saturated heterocycles. The number of nitrogens with one attached hydrogen (secondary N) is 1. The molecular formula is C15H26N2O. The SMILES string of the molecule is CCC(NC1CCN(C(C)C)CC1)c1ccco1. The molecule has 3 heteroatoms. The Hall–Kier alpha value is -0.800. The van der Waals surface area contributed by atoms with Gasteiger partial charge >= 0.3 is 0 Å². The van der Waals surface area contributed by atoms with Gasteiger partial charge in [0.05, 0.1) is 12.3 Å². The van der Waals surface area contributed by atoms with Crippen LogP contribution in [0.5, 0.6) is 0 Å². The molecule has 0 saturated carbocycles. The van der Waals surface area contributed by atoms with Crippen molar-refractivity contribution in [1.82, 2.24) is 10.2 Å². The van der Waals surface area contributed by atoms with Crippen LogP contribution >= 0.6 is 0 Å². The molecule has 0 amide bonds. The highest BCUT2D eigenvalue weighted by atomic mass is 16.3. The summed E-state index contributed by atoms with van der Waals surface area (Å²) in [5.41, 5.74) is 0. The van der Waals surface area contributed by atoms with E-state index < -0.39 is 0 Å². The summed E-state index contributed by atoms with van der Waals surface area (Å²) >= 11 is 0. The molecule has 1 unspecified atom stereocenters. The summed E-state index contributed by atoms with van der Waals surface area (Å²) in [4.78, 5) is 2.56. The Morgan fingerprint density at radius 2 is 2.11 bits per heavy atom. The van der Waals surface area contributed by atoms with Gasteiger partial charge in [0.15, 0.2) is 0 Å². The van der Waals surface area contributed by atoms with Crippen molar-refractivity contribution in [2.24, 2.45) is 0 Å². The number of hydrogen-bond acceptors (Lipinski definition) is 3. The van der Waals surface area contributed by atoms with Crippen molar-refractivity contribution in [2.75, 3.05) is 13.1 Å². The third-order valence-electron chi connectivity index (χ3n) is 3.99. The van der Waals surface area contributed by atoms with Crippen LogP contribution in [0.1, 0.15) is 51.8 Å². The van der Waals surface area contributed by atoms with E-state index in [1.165, 1.54) is 25.9 Å². The zero-order valence-electron chi connectivity index (χ0n) is 11.9. The fraction of sp³-hybridized carbons (Fsp3) is 0.733. The summed E-state index contributed by atoms with van der Waals surface area (Å²) in [6.45, 7) is 9.20. The van der Waals surface area contributed by atoms with E-state index in [4.69, 9.17) is 4.42 Å². The fourth-order valence-corrected chi connectivity index (χ4v) is 2.76. The fourth-order valence-electron chi connectivity index (χ4n) is 2.76. The van der Waals surface area contributed by atoms with Gasteiger partial charge in [0, 0.05) is 12.1 Å². The van der Waals surface area contributed by atoms with Crippen molar-refractivity contribution in [3.63, 3.8) is 0 Å². The van der Waals surface area contributed by atoms with Gasteiger partial charge in [-0.15, -0.1) is 0 Å².